The zero-order chi connectivity index (χ0) is 29.7. The van der Waals surface area contributed by atoms with E-state index in [1.807, 2.05) is 37.3 Å². The molecule has 6 nitrogen and oxygen atoms in total. The molecule has 2 N–H and O–H groups in total. The van der Waals surface area contributed by atoms with Crippen LogP contribution in [0.4, 0.5) is 0 Å². The van der Waals surface area contributed by atoms with Crippen molar-refractivity contribution < 1.29 is 19.1 Å². The summed E-state index contributed by atoms with van der Waals surface area (Å²) >= 11 is 1.70. The lowest BCUT2D eigenvalue weighted by Gasteiger charge is -2.34. The number of amides is 2. The smallest absolute Gasteiger partial charge is 0.242 e. The Morgan fingerprint density at radius 3 is 2.20 bits per heavy atom. The molecule has 0 aromatic heterocycles. The van der Waals surface area contributed by atoms with Gasteiger partial charge in [0.1, 0.15) is 17.5 Å². The molecule has 0 spiro atoms. The van der Waals surface area contributed by atoms with Gasteiger partial charge in [0.25, 0.3) is 0 Å². The van der Waals surface area contributed by atoms with Crippen LogP contribution in [0.5, 0.6) is 11.5 Å². The lowest BCUT2D eigenvalue weighted by molar-refractivity contribution is -0.132. The molecule has 2 atom stereocenters. The molecule has 2 aromatic rings. The molecule has 2 unspecified atom stereocenters. The third-order valence-electron chi connectivity index (χ3n) is 7.99. The van der Waals surface area contributed by atoms with E-state index in [0.717, 1.165) is 53.4 Å². The van der Waals surface area contributed by atoms with Crippen LogP contribution in [0, 0.1) is 5.92 Å². The summed E-state index contributed by atoms with van der Waals surface area (Å²) in [4.78, 5) is 28.5. The van der Waals surface area contributed by atoms with Crippen molar-refractivity contribution in [3.05, 3.63) is 53.6 Å². The molecule has 41 heavy (non-hydrogen) atoms. The predicted octanol–water partition coefficient (Wildman–Crippen LogP) is 7.43. The molecule has 226 valence electrons. The summed E-state index contributed by atoms with van der Waals surface area (Å²) in [6.45, 7) is 6.98. The highest BCUT2D eigenvalue weighted by molar-refractivity contribution is 7.98. The third-order valence-corrected chi connectivity index (χ3v) is 9.12. The van der Waals surface area contributed by atoms with E-state index in [1.165, 1.54) is 31.2 Å². The Bertz CT molecular complexity index is 1100. The molecule has 1 aliphatic heterocycles. The number of carbonyl (C=O) groups is 2. The van der Waals surface area contributed by atoms with Gasteiger partial charge in [0.15, 0.2) is 0 Å². The Labute approximate surface area is 251 Å². The first kappa shape index (κ1) is 32.8. The van der Waals surface area contributed by atoms with E-state index < -0.39 is 11.5 Å². The predicted molar refractivity (Wildman–Crippen MR) is 169 cm³/mol. The van der Waals surface area contributed by atoms with Gasteiger partial charge in [-0.3, -0.25) is 9.59 Å². The molecule has 1 heterocycles. The number of thioether (sulfide) groups is 1. The number of hydrogen-bond donors (Lipinski definition) is 2. The Kier molecular flexibility index (Phi) is 13.4. The van der Waals surface area contributed by atoms with Gasteiger partial charge in [0.2, 0.25) is 11.8 Å². The third kappa shape index (κ3) is 9.98. The highest BCUT2D eigenvalue weighted by atomic mass is 32.2. The molecule has 2 aromatic carbocycles. The van der Waals surface area contributed by atoms with Gasteiger partial charge in [0, 0.05) is 17.2 Å². The van der Waals surface area contributed by atoms with E-state index in [0.29, 0.717) is 19.4 Å². The van der Waals surface area contributed by atoms with Gasteiger partial charge in [-0.2, -0.15) is 0 Å². The van der Waals surface area contributed by atoms with Crippen LogP contribution >= 0.6 is 11.8 Å². The van der Waals surface area contributed by atoms with Crippen molar-refractivity contribution in [2.45, 2.75) is 107 Å². The van der Waals surface area contributed by atoms with Gasteiger partial charge in [-0.05, 0) is 67.5 Å². The van der Waals surface area contributed by atoms with E-state index in [9.17, 15) is 9.59 Å². The largest absolute Gasteiger partial charge is 0.497 e. The Morgan fingerprint density at radius 1 is 0.951 bits per heavy atom. The molecule has 7 heteroatoms. The van der Waals surface area contributed by atoms with Crippen LogP contribution in [-0.4, -0.2) is 38.6 Å². The van der Waals surface area contributed by atoms with Crippen molar-refractivity contribution in [3.63, 3.8) is 0 Å². The zero-order valence-electron chi connectivity index (χ0n) is 25.7. The van der Waals surface area contributed by atoms with Crippen LogP contribution in [0.2, 0.25) is 0 Å². The van der Waals surface area contributed by atoms with Gasteiger partial charge in [-0.25, -0.2) is 0 Å². The van der Waals surface area contributed by atoms with Crippen molar-refractivity contribution in [2.24, 2.45) is 5.92 Å². The number of rotatable bonds is 10. The van der Waals surface area contributed by atoms with Crippen LogP contribution in [0.3, 0.4) is 0 Å². The average Bonchev–Trinajstić information content (AvgIpc) is 2.99. The number of hydrogen-bond acceptors (Lipinski definition) is 5. The minimum Gasteiger partial charge on any atom is -0.497 e. The number of ether oxygens (including phenoxy) is 2. The number of nitrogens with one attached hydrogen (secondary N) is 2. The van der Waals surface area contributed by atoms with Crippen LogP contribution < -0.4 is 20.1 Å². The van der Waals surface area contributed by atoms with E-state index >= 15 is 0 Å². The molecule has 1 fully saturated rings. The standard InChI is InChI=1S/C34H50N2O4S/c1-25(2)23-34(3,33(38)36-30-14-12-10-8-6-7-9-11-13-21-35-32(30)37)29-20-19-28(40-5)22-31(29)41-24-26-15-17-27(39-4)18-16-26/h15-20,22,25,30H,6-14,21,23-24H2,1-5H3,(H,35,37)(H,36,38). The molecule has 0 aliphatic carbocycles. The molecule has 1 saturated heterocycles. The minimum atomic E-state index is -0.815. The van der Waals surface area contributed by atoms with Crippen molar-refractivity contribution >= 4 is 23.6 Å². The van der Waals surface area contributed by atoms with Gasteiger partial charge < -0.3 is 20.1 Å². The second-order valence-corrected chi connectivity index (χ2v) is 12.9. The molecule has 0 saturated carbocycles. The van der Waals surface area contributed by atoms with Gasteiger partial charge in [0.05, 0.1) is 19.6 Å². The SMILES string of the molecule is COc1ccc(CSc2cc(OC)ccc2C(C)(CC(C)C)C(=O)NC2CCCCCCCCCCNC2=O)cc1. The summed E-state index contributed by atoms with van der Waals surface area (Å²) in [5, 5.41) is 6.32. The van der Waals surface area contributed by atoms with Crippen molar-refractivity contribution in [2.75, 3.05) is 20.8 Å². The monoisotopic (exact) mass is 582 g/mol. The Morgan fingerprint density at radius 2 is 1.56 bits per heavy atom. The summed E-state index contributed by atoms with van der Waals surface area (Å²) < 4.78 is 10.9. The molecule has 0 radical (unpaired) electrons. The first-order valence-corrected chi connectivity index (χ1v) is 16.3. The summed E-state index contributed by atoms with van der Waals surface area (Å²) in [6.07, 6.45) is 10.4. The summed E-state index contributed by atoms with van der Waals surface area (Å²) in [7, 11) is 3.33. The second-order valence-electron chi connectivity index (χ2n) is 11.9. The number of benzene rings is 2. The highest BCUT2D eigenvalue weighted by Gasteiger charge is 2.39. The molecule has 3 rings (SSSR count). The van der Waals surface area contributed by atoms with E-state index in [4.69, 9.17) is 9.47 Å². The summed E-state index contributed by atoms with van der Waals surface area (Å²) in [5.41, 5.74) is 1.32. The lowest BCUT2D eigenvalue weighted by atomic mass is 9.75. The zero-order valence-corrected chi connectivity index (χ0v) is 26.5. The fourth-order valence-corrected chi connectivity index (χ4v) is 6.85. The maximum Gasteiger partial charge on any atom is 0.242 e. The highest BCUT2D eigenvalue weighted by Crippen LogP contribution is 2.40. The maximum absolute atomic E-state index is 14.3. The molecular formula is C34H50N2O4S. The lowest BCUT2D eigenvalue weighted by Crippen LogP contribution is -2.53. The first-order chi connectivity index (χ1) is 19.8. The van der Waals surface area contributed by atoms with E-state index in [1.54, 1.807) is 26.0 Å². The van der Waals surface area contributed by atoms with Crippen LogP contribution in [-0.2, 0) is 20.8 Å². The topological polar surface area (TPSA) is 76.7 Å². The normalized spacial score (nSPS) is 18.7. The van der Waals surface area contributed by atoms with E-state index in [2.05, 4.69) is 36.6 Å². The van der Waals surface area contributed by atoms with Gasteiger partial charge in [-0.1, -0.05) is 77.0 Å². The van der Waals surface area contributed by atoms with Crippen LogP contribution in [0.25, 0.3) is 0 Å². The van der Waals surface area contributed by atoms with Crippen LogP contribution in [0.15, 0.2) is 47.4 Å². The van der Waals surface area contributed by atoms with Crippen LogP contribution in [0.1, 0.15) is 96.1 Å². The summed E-state index contributed by atoms with van der Waals surface area (Å²) in [5.74, 6) is 2.46. The minimum absolute atomic E-state index is 0.0617. The Balaban J connectivity index is 1.87. The second kappa shape index (κ2) is 16.7. The fraction of sp³-hybridized carbons (Fsp3) is 0.588. The Hall–Kier alpha value is -2.67. The molecule has 0 bridgehead atoms. The fourth-order valence-electron chi connectivity index (χ4n) is 5.68. The first-order valence-electron chi connectivity index (χ1n) is 15.3. The molecule has 2 amide bonds. The number of methoxy groups -OCH3 is 2. The quantitative estimate of drug-likeness (QED) is 0.285. The van der Waals surface area contributed by atoms with Gasteiger partial charge >= 0.3 is 0 Å². The molecular weight excluding hydrogens is 532 g/mol. The van der Waals surface area contributed by atoms with E-state index in [-0.39, 0.29) is 17.7 Å². The summed E-state index contributed by atoms with van der Waals surface area (Å²) in [6, 6.07) is 13.5. The molecule has 1 aliphatic rings. The maximum atomic E-state index is 14.3. The van der Waals surface area contributed by atoms with Crippen molar-refractivity contribution in [1.82, 2.24) is 10.6 Å². The van der Waals surface area contributed by atoms with Crippen molar-refractivity contribution in [3.8, 4) is 11.5 Å². The number of carbonyl (C=O) groups excluding carboxylic acids is 2. The van der Waals surface area contributed by atoms with Crippen molar-refractivity contribution in [1.29, 1.82) is 0 Å². The average molecular weight is 583 g/mol. The van der Waals surface area contributed by atoms with Gasteiger partial charge in [-0.15, -0.1) is 11.8 Å².